The second-order valence-electron chi connectivity index (χ2n) is 6.04. The monoisotopic (exact) mass is 290 g/mol. The number of carbonyl (C=O) groups is 1. The lowest BCUT2D eigenvalue weighted by Gasteiger charge is -2.22. The molecular weight excluding hydrogens is 273 g/mol. The third-order valence-electron chi connectivity index (χ3n) is 2.99. The standard InChI is InChI=1S/C12H17F3N4O/c1-11(2,3)10-16-8(17-18-10)9(20)19(7-4-5-7)6-12(13,14)15/h7H,4-6H2,1-3H3,(H,16,17,18). The number of alkyl halides is 3. The summed E-state index contributed by atoms with van der Waals surface area (Å²) in [5, 5.41) is 6.36. The molecule has 20 heavy (non-hydrogen) atoms. The summed E-state index contributed by atoms with van der Waals surface area (Å²) in [5.74, 6) is -0.494. The fourth-order valence-electron chi connectivity index (χ4n) is 1.77. The van der Waals surface area contributed by atoms with Crippen LogP contribution in [0.4, 0.5) is 13.2 Å². The molecule has 1 saturated carbocycles. The molecular formula is C12H17F3N4O. The van der Waals surface area contributed by atoms with Crippen LogP contribution in [0.15, 0.2) is 0 Å². The molecule has 0 aromatic carbocycles. The van der Waals surface area contributed by atoms with Gasteiger partial charge in [0.25, 0.3) is 5.91 Å². The number of hydrogen-bond donors (Lipinski definition) is 1. The van der Waals surface area contributed by atoms with Crippen molar-refractivity contribution in [2.45, 2.75) is 51.2 Å². The predicted molar refractivity (Wildman–Crippen MR) is 65.2 cm³/mol. The third-order valence-corrected chi connectivity index (χ3v) is 2.99. The maximum absolute atomic E-state index is 12.5. The van der Waals surface area contributed by atoms with Crippen LogP contribution in [-0.2, 0) is 5.41 Å². The van der Waals surface area contributed by atoms with Crippen molar-refractivity contribution in [2.75, 3.05) is 6.54 Å². The van der Waals surface area contributed by atoms with Gasteiger partial charge in [0, 0.05) is 11.5 Å². The molecule has 1 aromatic heterocycles. The van der Waals surface area contributed by atoms with E-state index in [9.17, 15) is 18.0 Å². The predicted octanol–water partition coefficient (Wildman–Crippen LogP) is 2.27. The van der Waals surface area contributed by atoms with Crippen molar-refractivity contribution in [1.29, 1.82) is 0 Å². The second kappa shape index (κ2) is 4.75. The fraction of sp³-hybridized carbons (Fsp3) is 0.750. The highest BCUT2D eigenvalue weighted by Gasteiger charge is 2.42. The van der Waals surface area contributed by atoms with Gasteiger partial charge in [-0.1, -0.05) is 20.8 Å². The van der Waals surface area contributed by atoms with Gasteiger partial charge in [-0.2, -0.15) is 13.2 Å². The fourth-order valence-corrected chi connectivity index (χ4v) is 1.77. The molecule has 0 spiro atoms. The van der Waals surface area contributed by atoms with Crippen LogP contribution in [-0.4, -0.2) is 44.8 Å². The molecule has 1 N–H and O–H groups in total. The van der Waals surface area contributed by atoms with Gasteiger partial charge < -0.3 is 4.90 Å². The van der Waals surface area contributed by atoms with E-state index in [1.54, 1.807) is 0 Å². The molecule has 1 aliphatic carbocycles. The molecule has 5 nitrogen and oxygen atoms in total. The van der Waals surface area contributed by atoms with Crippen molar-refractivity contribution in [3.8, 4) is 0 Å². The number of aromatic nitrogens is 3. The van der Waals surface area contributed by atoms with Gasteiger partial charge in [-0.25, -0.2) is 4.98 Å². The Morgan fingerprint density at radius 1 is 1.35 bits per heavy atom. The van der Waals surface area contributed by atoms with Crippen LogP contribution < -0.4 is 0 Å². The lowest BCUT2D eigenvalue weighted by atomic mass is 9.96. The maximum atomic E-state index is 12.5. The maximum Gasteiger partial charge on any atom is 0.406 e. The number of halogens is 3. The van der Waals surface area contributed by atoms with Gasteiger partial charge in [0.1, 0.15) is 12.4 Å². The summed E-state index contributed by atoms with van der Waals surface area (Å²) >= 11 is 0. The van der Waals surface area contributed by atoms with E-state index in [0.717, 1.165) is 4.90 Å². The van der Waals surface area contributed by atoms with Crippen molar-refractivity contribution in [1.82, 2.24) is 20.1 Å². The Balaban J connectivity index is 2.17. The number of amides is 1. The molecule has 0 atom stereocenters. The van der Waals surface area contributed by atoms with Crippen molar-refractivity contribution in [3.05, 3.63) is 11.6 Å². The van der Waals surface area contributed by atoms with E-state index in [1.807, 2.05) is 20.8 Å². The quantitative estimate of drug-likeness (QED) is 0.929. The Labute approximate surface area is 114 Å². The average Bonchev–Trinajstić information content (AvgIpc) is 2.98. The molecule has 0 unspecified atom stereocenters. The second-order valence-corrected chi connectivity index (χ2v) is 6.04. The first-order valence-corrected chi connectivity index (χ1v) is 6.38. The smallest absolute Gasteiger partial charge is 0.324 e. The summed E-state index contributed by atoms with van der Waals surface area (Å²) in [4.78, 5) is 17.0. The summed E-state index contributed by atoms with van der Waals surface area (Å²) < 4.78 is 37.6. The highest BCUT2D eigenvalue weighted by molar-refractivity contribution is 5.91. The summed E-state index contributed by atoms with van der Waals surface area (Å²) in [6.07, 6.45) is -3.22. The minimum absolute atomic E-state index is 0.203. The van der Waals surface area contributed by atoms with Crippen molar-refractivity contribution in [2.24, 2.45) is 0 Å². The first kappa shape index (κ1) is 14.8. The first-order valence-electron chi connectivity index (χ1n) is 6.38. The zero-order chi connectivity index (χ0) is 15.1. The number of aromatic amines is 1. The Kier molecular flexibility index (Phi) is 3.51. The van der Waals surface area contributed by atoms with Gasteiger partial charge >= 0.3 is 6.18 Å². The Bertz CT molecular complexity index is 500. The Morgan fingerprint density at radius 3 is 2.35 bits per heavy atom. The first-order chi connectivity index (χ1) is 9.08. The van der Waals surface area contributed by atoms with Crippen LogP contribution in [0.5, 0.6) is 0 Å². The third kappa shape index (κ3) is 3.49. The largest absolute Gasteiger partial charge is 0.406 e. The van der Waals surface area contributed by atoms with E-state index in [-0.39, 0.29) is 17.3 Å². The molecule has 1 amide bonds. The van der Waals surface area contributed by atoms with Crippen molar-refractivity contribution in [3.63, 3.8) is 0 Å². The highest BCUT2D eigenvalue weighted by Crippen LogP contribution is 2.31. The molecule has 112 valence electrons. The zero-order valence-corrected chi connectivity index (χ0v) is 11.6. The normalized spacial score (nSPS) is 16.3. The van der Waals surface area contributed by atoms with Gasteiger partial charge in [-0.3, -0.25) is 9.89 Å². The Morgan fingerprint density at radius 2 is 1.95 bits per heavy atom. The molecule has 2 rings (SSSR count). The molecule has 0 saturated heterocycles. The van der Waals surface area contributed by atoms with E-state index in [4.69, 9.17) is 0 Å². The highest BCUT2D eigenvalue weighted by atomic mass is 19.4. The summed E-state index contributed by atoms with van der Waals surface area (Å²) in [6.45, 7) is 4.36. The molecule has 0 aliphatic heterocycles. The number of rotatable bonds is 3. The minimum Gasteiger partial charge on any atom is -0.324 e. The van der Waals surface area contributed by atoms with Crippen LogP contribution in [0.25, 0.3) is 0 Å². The molecule has 1 fully saturated rings. The van der Waals surface area contributed by atoms with Crippen LogP contribution in [0, 0.1) is 0 Å². The summed E-state index contributed by atoms with van der Waals surface area (Å²) in [6, 6.07) is -0.347. The summed E-state index contributed by atoms with van der Waals surface area (Å²) in [5.41, 5.74) is -0.347. The number of nitrogens with one attached hydrogen (secondary N) is 1. The van der Waals surface area contributed by atoms with Gasteiger partial charge in [-0.05, 0) is 12.8 Å². The van der Waals surface area contributed by atoms with Gasteiger partial charge in [-0.15, -0.1) is 5.10 Å². The van der Waals surface area contributed by atoms with Gasteiger partial charge in [0.05, 0.1) is 0 Å². The lowest BCUT2D eigenvalue weighted by Crippen LogP contribution is -2.41. The van der Waals surface area contributed by atoms with Crippen LogP contribution >= 0.6 is 0 Å². The number of H-pyrrole nitrogens is 1. The van der Waals surface area contributed by atoms with Gasteiger partial charge in [0.15, 0.2) is 0 Å². The molecule has 1 aliphatic rings. The van der Waals surface area contributed by atoms with Crippen LogP contribution in [0.3, 0.4) is 0 Å². The van der Waals surface area contributed by atoms with E-state index in [0.29, 0.717) is 18.7 Å². The van der Waals surface area contributed by atoms with Crippen molar-refractivity contribution < 1.29 is 18.0 Å². The number of nitrogens with zero attached hydrogens (tertiary/aromatic N) is 3. The average molecular weight is 290 g/mol. The molecule has 8 heteroatoms. The Hall–Kier alpha value is -1.60. The number of carbonyl (C=O) groups excluding carboxylic acids is 1. The lowest BCUT2D eigenvalue weighted by molar-refractivity contribution is -0.141. The minimum atomic E-state index is -4.42. The molecule has 1 heterocycles. The van der Waals surface area contributed by atoms with Crippen molar-refractivity contribution >= 4 is 5.91 Å². The van der Waals surface area contributed by atoms with E-state index in [1.165, 1.54) is 0 Å². The SMILES string of the molecule is CC(C)(C)c1nc(C(=O)N(CC(F)(F)F)C2CC2)n[nH]1. The number of hydrogen-bond acceptors (Lipinski definition) is 3. The van der Waals surface area contributed by atoms with E-state index >= 15 is 0 Å². The molecule has 0 bridgehead atoms. The van der Waals surface area contributed by atoms with Gasteiger partial charge in [0.2, 0.25) is 5.82 Å². The molecule has 1 aromatic rings. The zero-order valence-electron chi connectivity index (χ0n) is 11.6. The topological polar surface area (TPSA) is 61.9 Å². The van der Waals surface area contributed by atoms with E-state index in [2.05, 4.69) is 15.2 Å². The summed E-state index contributed by atoms with van der Waals surface area (Å²) in [7, 11) is 0. The molecule has 0 radical (unpaired) electrons. The van der Waals surface area contributed by atoms with E-state index < -0.39 is 18.6 Å². The van der Waals surface area contributed by atoms with Crippen LogP contribution in [0.1, 0.15) is 50.1 Å². The van der Waals surface area contributed by atoms with Crippen LogP contribution in [0.2, 0.25) is 0 Å².